The molecule has 0 saturated carbocycles. The van der Waals surface area contributed by atoms with E-state index in [1.165, 1.54) is 27.5 Å². The van der Waals surface area contributed by atoms with Crippen molar-refractivity contribution in [1.82, 2.24) is 0 Å². The first-order valence-electron chi connectivity index (χ1n) is 8.32. The Labute approximate surface area is 149 Å². The Balaban J connectivity index is 2.22. The van der Waals surface area contributed by atoms with Gasteiger partial charge in [0.2, 0.25) is 0 Å². The first-order chi connectivity index (χ1) is 11.4. The van der Waals surface area contributed by atoms with Crippen molar-refractivity contribution in [3.63, 3.8) is 0 Å². The lowest BCUT2D eigenvalue weighted by Crippen LogP contribution is -2.10. The molecule has 3 rings (SSSR count). The van der Waals surface area contributed by atoms with Gasteiger partial charge in [-0.1, -0.05) is 99.1 Å². The van der Waals surface area contributed by atoms with Gasteiger partial charge in [0.1, 0.15) is 0 Å². The molecule has 24 heavy (non-hydrogen) atoms. The molecule has 122 valence electrons. The van der Waals surface area contributed by atoms with E-state index in [0.717, 1.165) is 17.0 Å². The van der Waals surface area contributed by atoms with Gasteiger partial charge in [-0.2, -0.15) is 0 Å². The van der Waals surface area contributed by atoms with Gasteiger partial charge in [-0.25, -0.2) is 0 Å². The molecule has 0 unspecified atom stereocenters. The van der Waals surface area contributed by atoms with Crippen molar-refractivity contribution in [2.45, 2.75) is 27.2 Å². The van der Waals surface area contributed by atoms with Crippen LogP contribution in [0.3, 0.4) is 0 Å². The monoisotopic (exact) mass is 334 g/mol. The molecule has 0 radical (unpaired) electrons. The van der Waals surface area contributed by atoms with Crippen molar-refractivity contribution in [1.29, 1.82) is 0 Å². The van der Waals surface area contributed by atoms with Gasteiger partial charge in [-0.3, -0.25) is 0 Å². The van der Waals surface area contributed by atoms with Crippen LogP contribution in [-0.4, -0.2) is 0 Å². The Morgan fingerprint density at radius 3 is 2.17 bits per heavy atom. The second-order valence-electron chi connectivity index (χ2n) is 7.33. The predicted octanol–water partition coefficient (Wildman–Crippen LogP) is 7.31. The molecule has 0 aliphatic carbocycles. The van der Waals surface area contributed by atoms with E-state index in [4.69, 9.17) is 11.6 Å². The summed E-state index contributed by atoms with van der Waals surface area (Å²) in [7, 11) is 0. The van der Waals surface area contributed by atoms with E-state index in [-0.39, 0.29) is 5.41 Å². The van der Waals surface area contributed by atoms with Crippen molar-refractivity contribution in [2.75, 3.05) is 0 Å². The molecular weight excluding hydrogens is 312 g/mol. The minimum Gasteiger partial charge on any atom is -0.0990 e. The Hall–Kier alpha value is -2.05. The summed E-state index contributed by atoms with van der Waals surface area (Å²) < 4.78 is 0. The van der Waals surface area contributed by atoms with Crippen LogP contribution >= 0.6 is 11.6 Å². The normalized spacial score (nSPS) is 11.7. The minimum atomic E-state index is 0.0987. The second-order valence-corrected chi connectivity index (χ2v) is 7.74. The molecule has 0 nitrogen and oxygen atoms in total. The summed E-state index contributed by atoms with van der Waals surface area (Å²) in [6, 6.07) is 21.0. The number of allylic oxidation sites excluding steroid dienone is 1. The van der Waals surface area contributed by atoms with E-state index in [9.17, 15) is 0 Å². The highest BCUT2D eigenvalue weighted by atomic mass is 35.5. The zero-order chi connectivity index (χ0) is 17.3. The molecule has 0 spiro atoms. The fraction of sp³-hybridized carbons (Fsp3) is 0.217. The van der Waals surface area contributed by atoms with E-state index in [0.29, 0.717) is 0 Å². The van der Waals surface area contributed by atoms with E-state index in [1.807, 2.05) is 18.2 Å². The molecule has 0 amide bonds. The van der Waals surface area contributed by atoms with Crippen LogP contribution in [0.2, 0.25) is 5.02 Å². The van der Waals surface area contributed by atoms with E-state index in [2.05, 4.69) is 69.8 Å². The van der Waals surface area contributed by atoms with Gasteiger partial charge in [0, 0.05) is 10.6 Å². The smallest absolute Gasteiger partial charge is 0.0484 e. The first-order valence-corrected chi connectivity index (χ1v) is 8.69. The van der Waals surface area contributed by atoms with Gasteiger partial charge >= 0.3 is 0 Å². The highest BCUT2D eigenvalue weighted by molar-refractivity contribution is 6.33. The maximum absolute atomic E-state index is 6.47. The maximum Gasteiger partial charge on any atom is 0.0484 e. The lowest BCUT2D eigenvalue weighted by molar-refractivity contribution is 0.494. The highest BCUT2D eigenvalue weighted by Crippen LogP contribution is 2.37. The lowest BCUT2D eigenvalue weighted by Gasteiger charge is -2.23. The number of halogens is 1. The van der Waals surface area contributed by atoms with Crippen molar-refractivity contribution in [2.24, 2.45) is 5.41 Å². The third kappa shape index (κ3) is 3.25. The van der Waals surface area contributed by atoms with Crippen LogP contribution < -0.4 is 0 Å². The number of benzene rings is 3. The average molecular weight is 335 g/mol. The third-order valence-corrected chi connectivity index (χ3v) is 4.95. The highest BCUT2D eigenvalue weighted by Gasteiger charge is 2.17. The van der Waals surface area contributed by atoms with Gasteiger partial charge in [0.15, 0.2) is 0 Å². The van der Waals surface area contributed by atoms with Crippen LogP contribution in [-0.2, 0) is 6.42 Å². The summed E-state index contributed by atoms with van der Waals surface area (Å²) in [5.41, 5.74) is 4.92. The van der Waals surface area contributed by atoms with Crippen LogP contribution in [0.5, 0.6) is 0 Å². The zero-order valence-electron chi connectivity index (χ0n) is 14.6. The number of hydrogen-bond acceptors (Lipinski definition) is 0. The van der Waals surface area contributed by atoms with Crippen LogP contribution in [0.25, 0.3) is 21.9 Å². The summed E-state index contributed by atoms with van der Waals surface area (Å²) in [5, 5.41) is 3.31. The SMILES string of the molecule is C=C(Cc1cccc2cccc(-c3ccccc3Cl)c12)C(C)(C)C. The molecule has 0 aliphatic rings. The molecule has 0 N–H and O–H groups in total. The summed E-state index contributed by atoms with van der Waals surface area (Å²) in [5.74, 6) is 0. The molecule has 0 atom stereocenters. The molecule has 0 bridgehead atoms. The van der Waals surface area contributed by atoms with Crippen molar-refractivity contribution in [3.05, 3.63) is 83.4 Å². The summed E-state index contributed by atoms with van der Waals surface area (Å²) in [6.45, 7) is 11.0. The standard InChI is InChI=1S/C23H23Cl/c1-16(23(2,3)4)15-18-11-7-9-17-10-8-13-20(22(17)18)19-12-5-6-14-21(19)24/h5-14H,1,15H2,2-4H3. The minimum absolute atomic E-state index is 0.0987. The topological polar surface area (TPSA) is 0 Å². The lowest BCUT2D eigenvalue weighted by atomic mass is 9.82. The molecular formula is C23H23Cl. The quantitative estimate of drug-likeness (QED) is 0.440. The van der Waals surface area contributed by atoms with Crippen LogP contribution in [0.15, 0.2) is 72.8 Å². The molecule has 1 heteroatoms. The Morgan fingerprint density at radius 1 is 0.875 bits per heavy atom. The number of rotatable bonds is 3. The summed E-state index contributed by atoms with van der Waals surface area (Å²) >= 11 is 6.47. The molecule has 0 aliphatic heterocycles. The number of fused-ring (bicyclic) bond motifs is 1. The van der Waals surface area contributed by atoms with Crippen LogP contribution in [0.4, 0.5) is 0 Å². The van der Waals surface area contributed by atoms with Gasteiger partial charge < -0.3 is 0 Å². The molecule has 3 aromatic rings. The maximum atomic E-state index is 6.47. The number of hydrogen-bond donors (Lipinski definition) is 0. The fourth-order valence-corrected chi connectivity index (χ4v) is 3.20. The molecule has 0 saturated heterocycles. The molecule has 3 aromatic carbocycles. The van der Waals surface area contributed by atoms with E-state index < -0.39 is 0 Å². The van der Waals surface area contributed by atoms with Gasteiger partial charge in [0.05, 0.1) is 0 Å². The Bertz CT molecular complexity index is 892. The van der Waals surface area contributed by atoms with Gasteiger partial charge in [-0.15, -0.1) is 0 Å². The Kier molecular flexibility index (Phi) is 4.51. The van der Waals surface area contributed by atoms with Crippen molar-refractivity contribution in [3.8, 4) is 11.1 Å². The molecule has 0 heterocycles. The first kappa shape index (κ1) is 16.8. The zero-order valence-corrected chi connectivity index (χ0v) is 15.3. The van der Waals surface area contributed by atoms with Crippen LogP contribution in [0, 0.1) is 5.41 Å². The van der Waals surface area contributed by atoms with Crippen molar-refractivity contribution >= 4 is 22.4 Å². The summed E-state index contributed by atoms with van der Waals surface area (Å²) in [6.07, 6.45) is 0.877. The average Bonchev–Trinajstić information content (AvgIpc) is 2.54. The van der Waals surface area contributed by atoms with Gasteiger partial charge in [-0.05, 0) is 39.8 Å². The van der Waals surface area contributed by atoms with Crippen LogP contribution in [0.1, 0.15) is 26.3 Å². The van der Waals surface area contributed by atoms with Crippen molar-refractivity contribution < 1.29 is 0 Å². The fourth-order valence-electron chi connectivity index (χ4n) is 2.97. The Morgan fingerprint density at radius 2 is 1.50 bits per heavy atom. The van der Waals surface area contributed by atoms with Gasteiger partial charge in [0.25, 0.3) is 0 Å². The predicted molar refractivity (Wildman–Crippen MR) is 107 cm³/mol. The third-order valence-electron chi connectivity index (χ3n) is 4.62. The largest absolute Gasteiger partial charge is 0.0990 e. The van der Waals surface area contributed by atoms with E-state index >= 15 is 0 Å². The van der Waals surface area contributed by atoms with E-state index in [1.54, 1.807) is 0 Å². The second kappa shape index (κ2) is 6.45. The molecule has 0 aromatic heterocycles. The summed E-state index contributed by atoms with van der Waals surface area (Å²) in [4.78, 5) is 0. The molecule has 0 fully saturated rings.